The van der Waals surface area contributed by atoms with Crippen molar-refractivity contribution in [3.63, 3.8) is 0 Å². The molecule has 1 aliphatic rings. The zero-order chi connectivity index (χ0) is 13.8. The Morgan fingerprint density at radius 2 is 2.16 bits per heavy atom. The molecule has 1 saturated heterocycles. The number of likely N-dealkylation sites (tertiary alicyclic amines) is 1. The topological polar surface area (TPSA) is 70.0 Å². The number of nitrogens with zero attached hydrogens (tertiary/aromatic N) is 1. The van der Waals surface area contributed by atoms with Crippen LogP contribution < -0.4 is 4.74 Å². The summed E-state index contributed by atoms with van der Waals surface area (Å²) in [6.45, 7) is 1.08. The summed E-state index contributed by atoms with van der Waals surface area (Å²) in [7, 11) is 0. The van der Waals surface area contributed by atoms with Crippen LogP contribution in [0.2, 0.25) is 5.02 Å². The van der Waals surface area contributed by atoms with E-state index in [0.29, 0.717) is 30.5 Å². The number of ether oxygens (including phenoxy) is 1. The monoisotopic (exact) mass is 285 g/mol. The molecule has 0 bridgehead atoms. The van der Waals surface area contributed by atoms with Crippen LogP contribution in [0.25, 0.3) is 0 Å². The highest BCUT2D eigenvalue weighted by Gasteiger charge is 2.33. The first-order chi connectivity index (χ1) is 9.08. The maximum atomic E-state index is 11.6. The van der Waals surface area contributed by atoms with Gasteiger partial charge in [-0.05, 0) is 12.1 Å². The van der Waals surface area contributed by atoms with Gasteiger partial charge in [0.25, 0.3) is 0 Å². The van der Waals surface area contributed by atoms with Gasteiger partial charge in [0, 0.05) is 18.9 Å². The van der Waals surface area contributed by atoms with Crippen molar-refractivity contribution in [3.8, 4) is 5.75 Å². The van der Waals surface area contributed by atoms with Crippen LogP contribution in [-0.4, -0.2) is 47.0 Å². The lowest BCUT2D eigenvalue weighted by molar-refractivity contribution is -0.128. The van der Waals surface area contributed by atoms with Crippen molar-refractivity contribution in [1.82, 2.24) is 4.90 Å². The predicted molar refractivity (Wildman–Crippen MR) is 69.9 cm³/mol. The van der Waals surface area contributed by atoms with Gasteiger partial charge in [-0.25, -0.2) is 0 Å². The van der Waals surface area contributed by atoms with Gasteiger partial charge >= 0.3 is 0 Å². The minimum absolute atomic E-state index is 0.0825. The van der Waals surface area contributed by atoms with Crippen molar-refractivity contribution < 1.29 is 19.7 Å². The van der Waals surface area contributed by atoms with Crippen LogP contribution in [0.5, 0.6) is 5.75 Å². The summed E-state index contributed by atoms with van der Waals surface area (Å²) in [4.78, 5) is 13.2. The number of hydrogen-bond acceptors (Lipinski definition) is 4. The summed E-state index contributed by atoms with van der Waals surface area (Å²) in [6, 6.07) is 7.12. The van der Waals surface area contributed by atoms with Gasteiger partial charge in [0.05, 0.1) is 11.6 Å². The number of aliphatic hydroxyl groups is 2. The Bertz CT molecular complexity index is 452. The van der Waals surface area contributed by atoms with E-state index in [1.165, 1.54) is 0 Å². The summed E-state index contributed by atoms with van der Waals surface area (Å²) in [5.74, 6) is 0.0863. The van der Waals surface area contributed by atoms with Gasteiger partial charge in [0.2, 0.25) is 5.91 Å². The van der Waals surface area contributed by atoms with Crippen molar-refractivity contribution >= 4 is 17.5 Å². The molecule has 1 aromatic rings. The van der Waals surface area contributed by atoms with E-state index in [-0.39, 0.29) is 12.3 Å². The van der Waals surface area contributed by atoms with Gasteiger partial charge in [0.1, 0.15) is 12.4 Å². The highest BCUT2D eigenvalue weighted by atomic mass is 35.5. The zero-order valence-corrected chi connectivity index (χ0v) is 11.1. The molecule has 1 unspecified atom stereocenters. The molecule has 1 amide bonds. The lowest BCUT2D eigenvalue weighted by Crippen LogP contribution is -2.31. The van der Waals surface area contributed by atoms with E-state index < -0.39 is 12.2 Å². The van der Waals surface area contributed by atoms with Crippen LogP contribution in [-0.2, 0) is 4.79 Å². The molecular weight excluding hydrogens is 270 g/mol. The third kappa shape index (κ3) is 3.59. The van der Waals surface area contributed by atoms with Crippen LogP contribution in [0, 0.1) is 5.92 Å². The highest BCUT2D eigenvalue weighted by molar-refractivity contribution is 6.32. The van der Waals surface area contributed by atoms with E-state index in [4.69, 9.17) is 26.6 Å². The molecule has 0 radical (unpaired) electrons. The third-order valence-corrected chi connectivity index (χ3v) is 3.43. The Kier molecular flexibility index (Phi) is 4.63. The van der Waals surface area contributed by atoms with Crippen molar-refractivity contribution in [1.29, 1.82) is 0 Å². The minimum Gasteiger partial charge on any atom is -0.490 e. The fourth-order valence-corrected chi connectivity index (χ4v) is 2.24. The highest BCUT2D eigenvalue weighted by Crippen LogP contribution is 2.23. The first-order valence-corrected chi connectivity index (χ1v) is 6.47. The normalized spacial score (nSPS) is 19.3. The van der Waals surface area contributed by atoms with Crippen molar-refractivity contribution in [2.24, 2.45) is 5.92 Å². The lowest BCUT2D eigenvalue weighted by atomic mass is 10.1. The molecule has 0 spiro atoms. The second kappa shape index (κ2) is 6.23. The summed E-state index contributed by atoms with van der Waals surface area (Å²) in [5.41, 5.74) is 0. The van der Waals surface area contributed by atoms with E-state index in [1.54, 1.807) is 17.0 Å². The number of para-hydroxylation sites is 1. The second-order valence-corrected chi connectivity index (χ2v) is 4.90. The van der Waals surface area contributed by atoms with Gasteiger partial charge in [-0.1, -0.05) is 23.7 Å². The molecule has 1 atom stereocenters. The molecule has 1 heterocycles. The molecule has 1 aliphatic heterocycles. The maximum Gasteiger partial charge on any atom is 0.223 e. The number of carbonyl (C=O) groups excluding carboxylic acids is 1. The third-order valence-electron chi connectivity index (χ3n) is 3.12. The minimum atomic E-state index is -1.45. The van der Waals surface area contributed by atoms with Gasteiger partial charge in [-0.2, -0.15) is 0 Å². The Balaban J connectivity index is 1.80. The SMILES string of the molecule is O=C1CC(C(O)O)CN1CCOc1ccccc1Cl. The van der Waals surface area contributed by atoms with Crippen LogP contribution in [0.15, 0.2) is 24.3 Å². The van der Waals surface area contributed by atoms with Crippen LogP contribution >= 0.6 is 11.6 Å². The number of aliphatic hydroxyl groups excluding tert-OH is 1. The average Bonchev–Trinajstić information content (AvgIpc) is 2.74. The number of rotatable bonds is 5. The van der Waals surface area contributed by atoms with Crippen molar-refractivity contribution in [2.75, 3.05) is 19.7 Å². The summed E-state index contributed by atoms with van der Waals surface area (Å²) < 4.78 is 5.49. The number of amides is 1. The molecule has 1 fully saturated rings. The maximum absolute atomic E-state index is 11.6. The molecule has 0 aromatic heterocycles. The number of carbonyl (C=O) groups is 1. The van der Waals surface area contributed by atoms with Crippen LogP contribution in [0.1, 0.15) is 6.42 Å². The Hall–Kier alpha value is -1.30. The van der Waals surface area contributed by atoms with E-state index in [2.05, 4.69) is 0 Å². The number of halogens is 1. The predicted octanol–water partition coefficient (Wildman–Crippen LogP) is 0.878. The Morgan fingerprint density at radius 3 is 2.79 bits per heavy atom. The van der Waals surface area contributed by atoms with E-state index in [1.807, 2.05) is 12.1 Å². The van der Waals surface area contributed by atoms with Gasteiger partial charge in [-0.15, -0.1) is 0 Å². The van der Waals surface area contributed by atoms with E-state index in [9.17, 15) is 4.79 Å². The van der Waals surface area contributed by atoms with E-state index in [0.717, 1.165) is 0 Å². The molecule has 2 rings (SSSR count). The van der Waals surface area contributed by atoms with Gasteiger partial charge in [0.15, 0.2) is 6.29 Å². The standard InChI is InChI=1S/C13H16ClNO4/c14-10-3-1-2-4-11(10)19-6-5-15-8-9(13(17)18)7-12(15)16/h1-4,9,13,17-18H,5-8H2. The molecule has 0 saturated carbocycles. The Labute approximate surface area is 116 Å². The smallest absolute Gasteiger partial charge is 0.223 e. The molecule has 19 heavy (non-hydrogen) atoms. The van der Waals surface area contributed by atoms with Crippen molar-refractivity contribution in [3.05, 3.63) is 29.3 Å². The number of hydrogen-bond donors (Lipinski definition) is 2. The fourth-order valence-electron chi connectivity index (χ4n) is 2.05. The first-order valence-electron chi connectivity index (χ1n) is 6.09. The lowest BCUT2D eigenvalue weighted by Gasteiger charge is -2.17. The van der Waals surface area contributed by atoms with E-state index >= 15 is 0 Å². The molecule has 1 aromatic carbocycles. The van der Waals surface area contributed by atoms with Crippen molar-refractivity contribution in [2.45, 2.75) is 12.7 Å². The molecule has 0 aliphatic carbocycles. The van der Waals surface area contributed by atoms with Gasteiger partial charge in [-0.3, -0.25) is 4.79 Å². The van der Waals surface area contributed by atoms with Gasteiger partial charge < -0.3 is 19.8 Å². The number of benzene rings is 1. The summed E-state index contributed by atoms with van der Waals surface area (Å²) >= 11 is 5.94. The van der Waals surface area contributed by atoms with Crippen LogP contribution in [0.3, 0.4) is 0 Å². The zero-order valence-electron chi connectivity index (χ0n) is 10.3. The molecule has 2 N–H and O–H groups in total. The Morgan fingerprint density at radius 1 is 1.42 bits per heavy atom. The quantitative estimate of drug-likeness (QED) is 0.788. The summed E-state index contributed by atoms with van der Waals surface area (Å²) in [6.07, 6.45) is -1.28. The fraction of sp³-hybridized carbons (Fsp3) is 0.462. The molecule has 6 heteroatoms. The average molecular weight is 286 g/mol. The molecular formula is C13H16ClNO4. The van der Waals surface area contributed by atoms with Crippen LogP contribution in [0.4, 0.5) is 0 Å². The largest absolute Gasteiger partial charge is 0.490 e. The second-order valence-electron chi connectivity index (χ2n) is 4.50. The first kappa shape index (κ1) is 14.1. The molecule has 5 nitrogen and oxygen atoms in total. The summed E-state index contributed by atoms with van der Waals surface area (Å²) in [5, 5.41) is 18.6. The molecule has 104 valence electrons.